The average molecular weight is 423 g/mol. The van der Waals surface area contributed by atoms with Crippen molar-refractivity contribution in [2.45, 2.75) is 46.2 Å². The number of anilines is 1. The molecule has 1 heterocycles. The summed E-state index contributed by atoms with van der Waals surface area (Å²) in [6, 6.07) is 20.7. The standard InChI is InChI=1S/C24H30N4OS/c1-18(2)19(3)25-23(29)14-15-28(17-21-12-8-5-9-13-21)24-26-22(27-30-24)16-20-10-6-4-7-11-20/h4-13,18-19H,14-17H2,1-3H3,(H,25,29)/t19-/m0/s1. The van der Waals surface area contributed by atoms with Gasteiger partial charge in [0.25, 0.3) is 0 Å². The van der Waals surface area contributed by atoms with Gasteiger partial charge in [-0.05, 0) is 24.0 Å². The Morgan fingerprint density at radius 2 is 1.63 bits per heavy atom. The molecule has 0 spiro atoms. The number of rotatable bonds is 10. The monoisotopic (exact) mass is 422 g/mol. The van der Waals surface area contributed by atoms with Gasteiger partial charge in [-0.3, -0.25) is 4.79 Å². The van der Waals surface area contributed by atoms with E-state index in [-0.39, 0.29) is 11.9 Å². The van der Waals surface area contributed by atoms with Crippen LogP contribution in [0.15, 0.2) is 60.7 Å². The number of benzene rings is 2. The fourth-order valence-electron chi connectivity index (χ4n) is 3.00. The molecule has 0 aliphatic heterocycles. The van der Waals surface area contributed by atoms with Gasteiger partial charge in [-0.1, -0.05) is 74.5 Å². The van der Waals surface area contributed by atoms with Gasteiger partial charge in [0.15, 0.2) is 0 Å². The molecule has 0 bridgehead atoms. The maximum absolute atomic E-state index is 12.4. The summed E-state index contributed by atoms with van der Waals surface area (Å²) in [7, 11) is 0. The second-order valence-electron chi connectivity index (χ2n) is 7.91. The fraction of sp³-hybridized carbons (Fsp3) is 0.375. The predicted octanol–water partition coefficient (Wildman–Crippen LogP) is 4.69. The van der Waals surface area contributed by atoms with E-state index < -0.39 is 0 Å². The van der Waals surface area contributed by atoms with Crippen LogP contribution in [0.25, 0.3) is 0 Å². The van der Waals surface area contributed by atoms with Crippen molar-refractivity contribution >= 4 is 22.6 Å². The van der Waals surface area contributed by atoms with Crippen LogP contribution in [-0.2, 0) is 17.8 Å². The van der Waals surface area contributed by atoms with E-state index in [2.05, 4.69) is 52.7 Å². The molecule has 1 aromatic heterocycles. The highest BCUT2D eigenvalue weighted by atomic mass is 32.1. The summed E-state index contributed by atoms with van der Waals surface area (Å²) in [5.41, 5.74) is 2.38. The molecule has 6 heteroatoms. The average Bonchev–Trinajstić information content (AvgIpc) is 3.20. The highest BCUT2D eigenvalue weighted by molar-refractivity contribution is 7.09. The third-order valence-electron chi connectivity index (χ3n) is 5.15. The van der Waals surface area contributed by atoms with Crippen molar-refractivity contribution in [3.8, 4) is 0 Å². The molecule has 0 aliphatic rings. The van der Waals surface area contributed by atoms with Crippen LogP contribution in [0.3, 0.4) is 0 Å². The number of hydrogen-bond acceptors (Lipinski definition) is 5. The minimum atomic E-state index is 0.0725. The zero-order valence-electron chi connectivity index (χ0n) is 17.9. The summed E-state index contributed by atoms with van der Waals surface area (Å²) in [5.74, 6) is 1.30. The minimum Gasteiger partial charge on any atom is -0.353 e. The van der Waals surface area contributed by atoms with Crippen molar-refractivity contribution in [3.05, 3.63) is 77.6 Å². The largest absolute Gasteiger partial charge is 0.353 e. The van der Waals surface area contributed by atoms with Crippen LogP contribution in [0.4, 0.5) is 5.13 Å². The van der Waals surface area contributed by atoms with Gasteiger partial charge >= 0.3 is 0 Å². The molecule has 0 radical (unpaired) electrons. The van der Waals surface area contributed by atoms with Gasteiger partial charge in [0.2, 0.25) is 11.0 Å². The van der Waals surface area contributed by atoms with E-state index in [0.717, 1.165) is 11.0 Å². The molecular formula is C24H30N4OS. The van der Waals surface area contributed by atoms with Gasteiger partial charge < -0.3 is 10.2 Å². The van der Waals surface area contributed by atoms with E-state index in [0.29, 0.717) is 31.8 Å². The summed E-state index contributed by atoms with van der Waals surface area (Å²) in [6.45, 7) is 7.58. The Labute approximate surface area is 183 Å². The number of nitrogens with one attached hydrogen (secondary N) is 1. The molecule has 1 N–H and O–H groups in total. The van der Waals surface area contributed by atoms with Crippen molar-refractivity contribution in [1.82, 2.24) is 14.7 Å². The first-order chi connectivity index (χ1) is 14.5. The van der Waals surface area contributed by atoms with Gasteiger partial charge in [-0.15, -0.1) is 0 Å². The van der Waals surface area contributed by atoms with Gasteiger partial charge in [-0.25, -0.2) is 4.98 Å². The van der Waals surface area contributed by atoms with E-state index >= 15 is 0 Å². The molecule has 5 nitrogen and oxygen atoms in total. The van der Waals surface area contributed by atoms with Gasteiger partial charge in [0.05, 0.1) is 0 Å². The third-order valence-corrected chi connectivity index (χ3v) is 5.96. The van der Waals surface area contributed by atoms with Crippen molar-refractivity contribution in [2.75, 3.05) is 11.4 Å². The Morgan fingerprint density at radius 3 is 2.27 bits per heavy atom. The molecule has 3 rings (SSSR count). The quantitative estimate of drug-likeness (QED) is 0.515. The Balaban J connectivity index is 1.69. The second kappa shape index (κ2) is 10.9. The summed E-state index contributed by atoms with van der Waals surface area (Å²) in [4.78, 5) is 19.3. The number of carbonyl (C=O) groups is 1. The van der Waals surface area contributed by atoms with Gasteiger partial charge in [0.1, 0.15) is 5.82 Å². The molecule has 0 saturated carbocycles. The lowest BCUT2D eigenvalue weighted by atomic mass is 10.1. The van der Waals surface area contributed by atoms with E-state index in [1.807, 2.05) is 43.3 Å². The van der Waals surface area contributed by atoms with Crippen molar-refractivity contribution in [1.29, 1.82) is 0 Å². The van der Waals surface area contributed by atoms with Crippen LogP contribution >= 0.6 is 11.5 Å². The molecule has 0 fully saturated rings. The Morgan fingerprint density at radius 1 is 1.00 bits per heavy atom. The summed E-state index contributed by atoms with van der Waals surface area (Å²) in [6.07, 6.45) is 1.14. The Bertz CT molecular complexity index is 911. The predicted molar refractivity (Wildman–Crippen MR) is 124 cm³/mol. The van der Waals surface area contributed by atoms with Crippen LogP contribution < -0.4 is 10.2 Å². The molecule has 1 amide bonds. The Kier molecular flexibility index (Phi) is 7.97. The zero-order chi connectivity index (χ0) is 21.3. The molecule has 0 aliphatic carbocycles. The first-order valence-corrected chi connectivity index (χ1v) is 11.2. The van der Waals surface area contributed by atoms with Crippen LogP contribution in [0.2, 0.25) is 0 Å². The summed E-state index contributed by atoms with van der Waals surface area (Å²) < 4.78 is 4.56. The topological polar surface area (TPSA) is 58.1 Å². The van der Waals surface area contributed by atoms with Gasteiger partial charge in [-0.2, -0.15) is 4.37 Å². The van der Waals surface area contributed by atoms with Crippen molar-refractivity contribution < 1.29 is 4.79 Å². The number of amides is 1. The van der Waals surface area contributed by atoms with Gasteiger partial charge in [0, 0.05) is 43.5 Å². The van der Waals surface area contributed by atoms with E-state index in [1.165, 1.54) is 22.7 Å². The molecule has 3 aromatic rings. The molecule has 30 heavy (non-hydrogen) atoms. The third kappa shape index (κ3) is 6.66. The first kappa shape index (κ1) is 22.0. The van der Waals surface area contributed by atoms with Crippen LogP contribution in [0.5, 0.6) is 0 Å². The zero-order valence-corrected chi connectivity index (χ0v) is 18.7. The lowest BCUT2D eigenvalue weighted by Crippen LogP contribution is -2.38. The van der Waals surface area contributed by atoms with Crippen LogP contribution in [0.1, 0.15) is 44.1 Å². The van der Waals surface area contributed by atoms with Crippen molar-refractivity contribution in [2.24, 2.45) is 5.92 Å². The highest BCUT2D eigenvalue weighted by Crippen LogP contribution is 2.21. The lowest BCUT2D eigenvalue weighted by Gasteiger charge is -2.22. The maximum Gasteiger partial charge on any atom is 0.221 e. The van der Waals surface area contributed by atoms with Crippen LogP contribution in [0, 0.1) is 5.92 Å². The summed E-state index contributed by atoms with van der Waals surface area (Å²) >= 11 is 1.40. The van der Waals surface area contributed by atoms with Crippen molar-refractivity contribution in [3.63, 3.8) is 0 Å². The van der Waals surface area contributed by atoms with E-state index in [9.17, 15) is 4.79 Å². The molecule has 158 valence electrons. The second-order valence-corrected chi connectivity index (χ2v) is 8.64. The number of aromatic nitrogens is 2. The fourth-order valence-corrected chi connectivity index (χ4v) is 3.71. The van der Waals surface area contributed by atoms with Crippen LogP contribution in [-0.4, -0.2) is 27.9 Å². The SMILES string of the molecule is CC(C)[C@H](C)NC(=O)CCN(Cc1ccccc1)c1nc(Cc2ccccc2)ns1. The first-order valence-electron chi connectivity index (χ1n) is 10.5. The molecule has 2 aromatic carbocycles. The number of hydrogen-bond donors (Lipinski definition) is 1. The van der Waals surface area contributed by atoms with E-state index in [4.69, 9.17) is 4.98 Å². The molecule has 0 saturated heterocycles. The highest BCUT2D eigenvalue weighted by Gasteiger charge is 2.17. The number of carbonyl (C=O) groups excluding carboxylic acids is 1. The smallest absolute Gasteiger partial charge is 0.221 e. The maximum atomic E-state index is 12.4. The van der Waals surface area contributed by atoms with E-state index in [1.54, 1.807) is 0 Å². The minimum absolute atomic E-state index is 0.0725. The molecular weight excluding hydrogens is 392 g/mol. The molecule has 1 atom stereocenters. The molecule has 0 unspecified atom stereocenters. The lowest BCUT2D eigenvalue weighted by molar-refractivity contribution is -0.121. The Hall–Kier alpha value is -2.73. The normalized spacial score (nSPS) is 12.0. The summed E-state index contributed by atoms with van der Waals surface area (Å²) in [5, 5.41) is 3.95. The number of nitrogens with zero attached hydrogens (tertiary/aromatic N) is 3.